The number of rotatable bonds is 5. The van der Waals surface area contributed by atoms with Gasteiger partial charge in [-0.05, 0) is 18.8 Å². The third-order valence-corrected chi connectivity index (χ3v) is 3.62. The number of hydrogen-bond donors (Lipinski definition) is 3. The number of hydrogen-bond acceptors (Lipinski definition) is 3. The van der Waals surface area contributed by atoms with Crippen molar-refractivity contribution in [1.29, 1.82) is 0 Å². The van der Waals surface area contributed by atoms with Crippen molar-refractivity contribution in [2.75, 3.05) is 13.2 Å². The number of nitrogens with two attached hydrogens (primary N) is 1. The second-order valence-electron chi connectivity index (χ2n) is 5.07. The van der Waals surface area contributed by atoms with Crippen LogP contribution in [0.1, 0.15) is 33.1 Å². The van der Waals surface area contributed by atoms with Crippen molar-refractivity contribution in [3.05, 3.63) is 0 Å². The lowest BCUT2D eigenvalue weighted by Crippen LogP contribution is -2.45. The van der Waals surface area contributed by atoms with E-state index in [1.807, 2.05) is 13.8 Å². The van der Waals surface area contributed by atoms with Crippen LogP contribution in [0.4, 0.5) is 0 Å². The number of aliphatic hydroxyl groups excluding tert-OH is 1. The summed E-state index contributed by atoms with van der Waals surface area (Å²) in [5.74, 6) is 0.427. The first kappa shape index (κ1) is 13.5. The van der Waals surface area contributed by atoms with Crippen molar-refractivity contribution in [2.45, 2.75) is 39.2 Å². The van der Waals surface area contributed by atoms with Crippen molar-refractivity contribution in [2.24, 2.45) is 23.5 Å². The van der Waals surface area contributed by atoms with E-state index < -0.39 is 0 Å². The Labute approximate surface area is 97.6 Å². The van der Waals surface area contributed by atoms with Gasteiger partial charge in [0.25, 0.3) is 0 Å². The third-order valence-electron chi connectivity index (χ3n) is 3.62. The van der Waals surface area contributed by atoms with Gasteiger partial charge in [0.05, 0.1) is 5.92 Å². The van der Waals surface area contributed by atoms with Crippen LogP contribution in [0.25, 0.3) is 0 Å². The summed E-state index contributed by atoms with van der Waals surface area (Å²) < 4.78 is 0. The predicted molar refractivity (Wildman–Crippen MR) is 63.7 cm³/mol. The second-order valence-corrected chi connectivity index (χ2v) is 5.07. The minimum Gasteiger partial charge on any atom is -0.396 e. The second kappa shape index (κ2) is 6.21. The Hall–Kier alpha value is -0.610. The Bertz CT molecular complexity index is 231. The zero-order valence-electron chi connectivity index (χ0n) is 10.3. The molecule has 0 aromatic rings. The number of nitrogens with one attached hydrogen (secondary N) is 1. The van der Waals surface area contributed by atoms with Crippen molar-refractivity contribution >= 4 is 5.91 Å². The summed E-state index contributed by atoms with van der Waals surface area (Å²) >= 11 is 0. The average molecular weight is 228 g/mol. The molecule has 1 saturated carbocycles. The molecule has 1 amide bonds. The minimum absolute atomic E-state index is 0.0443. The van der Waals surface area contributed by atoms with Crippen molar-refractivity contribution in [3.63, 3.8) is 0 Å². The van der Waals surface area contributed by atoms with Gasteiger partial charge in [-0.2, -0.15) is 0 Å². The van der Waals surface area contributed by atoms with Gasteiger partial charge in [0, 0.05) is 25.1 Å². The zero-order valence-corrected chi connectivity index (χ0v) is 10.3. The topological polar surface area (TPSA) is 75.4 Å². The lowest BCUT2D eigenvalue weighted by Gasteiger charge is -2.24. The molecule has 0 radical (unpaired) electrons. The minimum atomic E-state index is -0.111. The Kier molecular flexibility index (Phi) is 5.22. The monoisotopic (exact) mass is 228 g/mol. The Morgan fingerprint density at radius 3 is 2.69 bits per heavy atom. The summed E-state index contributed by atoms with van der Waals surface area (Å²) in [6, 6.07) is 0.144. The standard InChI is InChI=1S/C12H24N2O2/c1-8(2)10(6-13)12(16)14-11-5-3-4-9(11)7-15/h8-11,15H,3-7,13H2,1-2H3,(H,14,16). The van der Waals surface area contributed by atoms with Crippen molar-refractivity contribution in [3.8, 4) is 0 Å². The highest BCUT2D eigenvalue weighted by Crippen LogP contribution is 2.25. The summed E-state index contributed by atoms with van der Waals surface area (Å²) in [7, 11) is 0. The maximum atomic E-state index is 12.0. The van der Waals surface area contributed by atoms with E-state index >= 15 is 0 Å². The zero-order chi connectivity index (χ0) is 12.1. The summed E-state index contributed by atoms with van der Waals surface area (Å²) in [6.07, 6.45) is 3.08. The van der Waals surface area contributed by atoms with E-state index in [9.17, 15) is 9.90 Å². The summed E-state index contributed by atoms with van der Waals surface area (Å²) in [4.78, 5) is 12.0. The van der Waals surface area contributed by atoms with E-state index in [4.69, 9.17) is 5.73 Å². The Morgan fingerprint density at radius 2 is 2.19 bits per heavy atom. The summed E-state index contributed by atoms with van der Waals surface area (Å²) in [5, 5.41) is 12.2. The molecular weight excluding hydrogens is 204 g/mol. The molecule has 1 aliphatic carbocycles. The first-order valence-electron chi connectivity index (χ1n) is 6.21. The molecule has 4 N–H and O–H groups in total. The molecule has 0 spiro atoms. The molecule has 0 saturated heterocycles. The highest BCUT2D eigenvalue weighted by Gasteiger charge is 2.30. The molecule has 0 aromatic carbocycles. The van der Waals surface area contributed by atoms with Gasteiger partial charge >= 0.3 is 0 Å². The number of carbonyl (C=O) groups is 1. The SMILES string of the molecule is CC(C)C(CN)C(=O)NC1CCCC1CO. The normalized spacial score (nSPS) is 27.1. The molecule has 0 bridgehead atoms. The number of carbonyl (C=O) groups excluding carboxylic acids is 1. The van der Waals surface area contributed by atoms with E-state index in [1.54, 1.807) is 0 Å². The molecule has 16 heavy (non-hydrogen) atoms. The average Bonchev–Trinajstić information content (AvgIpc) is 2.65. The first-order chi connectivity index (χ1) is 7.60. The van der Waals surface area contributed by atoms with Gasteiger partial charge in [-0.25, -0.2) is 0 Å². The lowest BCUT2D eigenvalue weighted by molar-refractivity contribution is -0.127. The highest BCUT2D eigenvalue weighted by molar-refractivity contribution is 5.79. The largest absolute Gasteiger partial charge is 0.396 e. The van der Waals surface area contributed by atoms with E-state index in [0.29, 0.717) is 6.54 Å². The molecule has 3 atom stereocenters. The van der Waals surface area contributed by atoms with Gasteiger partial charge in [0.2, 0.25) is 5.91 Å². The lowest BCUT2D eigenvalue weighted by atomic mass is 9.94. The quantitative estimate of drug-likeness (QED) is 0.641. The van der Waals surface area contributed by atoms with Crippen LogP contribution in [0, 0.1) is 17.8 Å². The molecule has 1 rings (SSSR count). The molecule has 4 nitrogen and oxygen atoms in total. The van der Waals surface area contributed by atoms with E-state index in [-0.39, 0.29) is 36.3 Å². The smallest absolute Gasteiger partial charge is 0.224 e. The van der Waals surface area contributed by atoms with Crippen LogP contribution in [0.3, 0.4) is 0 Å². The van der Waals surface area contributed by atoms with Crippen molar-refractivity contribution in [1.82, 2.24) is 5.32 Å². The molecule has 1 fully saturated rings. The van der Waals surface area contributed by atoms with Crippen molar-refractivity contribution < 1.29 is 9.90 Å². The van der Waals surface area contributed by atoms with Crippen LogP contribution in [0.5, 0.6) is 0 Å². The van der Waals surface area contributed by atoms with Crippen LogP contribution >= 0.6 is 0 Å². The molecule has 0 aromatic heterocycles. The van der Waals surface area contributed by atoms with Gasteiger partial charge in [-0.15, -0.1) is 0 Å². The summed E-state index contributed by atoms with van der Waals surface area (Å²) in [5.41, 5.74) is 5.61. The summed E-state index contributed by atoms with van der Waals surface area (Å²) in [6.45, 7) is 4.57. The Balaban J connectivity index is 2.49. The fourth-order valence-electron chi connectivity index (χ4n) is 2.42. The van der Waals surface area contributed by atoms with E-state index in [0.717, 1.165) is 19.3 Å². The molecule has 1 aliphatic rings. The highest BCUT2D eigenvalue weighted by atomic mass is 16.3. The third kappa shape index (κ3) is 3.19. The van der Waals surface area contributed by atoms with E-state index in [2.05, 4.69) is 5.32 Å². The van der Waals surface area contributed by atoms with Gasteiger partial charge < -0.3 is 16.2 Å². The molecule has 3 unspecified atom stereocenters. The van der Waals surface area contributed by atoms with Crippen LogP contribution in [-0.2, 0) is 4.79 Å². The molecular formula is C12H24N2O2. The number of aliphatic hydroxyl groups is 1. The fourth-order valence-corrected chi connectivity index (χ4v) is 2.42. The maximum Gasteiger partial charge on any atom is 0.224 e. The molecule has 4 heteroatoms. The first-order valence-corrected chi connectivity index (χ1v) is 6.21. The molecule has 0 heterocycles. The van der Waals surface area contributed by atoms with Crippen LogP contribution in [-0.4, -0.2) is 30.2 Å². The maximum absolute atomic E-state index is 12.0. The fraction of sp³-hybridized carbons (Fsp3) is 0.917. The van der Waals surface area contributed by atoms with Crippen LogP contribution in [0.15, 0.2) is 0 Å². The van der Waals surface area contributed by atoms with Gasteiger partial charge in [-0.1, -0.05) is 20.3 Å². The number of amides is 1. The van der Waals surface area contributed by atoms with Gasteiger partial charge in [0.15, 0.2) is 0 Å². The van der Waals surface area contributed by atoms with Gasteiger partial charge in [0.1, 0.15) is 0 Å². The molecule has 0 aliphatic heterocycles. The predicted octanol–water partition coefficient (Wildman–Crippen LogP) is 0.495. The van der Waals surface area contributed by atoms with E-state index in [1.165, 1.54) is 0 Å². The Morgan fingerprint density at radius 1 is 1.50 bits per heavy atom. The van der Waals surface area contributed by atoms with Gasteiger partial charge in [-0.3, -0.25) is 4.79 Å². The van der Waals surface area contributed by atoms with Crippen LogP contribution in [0.2, 0.25) is 0 Å². The van der Waals surface area contributed by atoms with Crippen LogP contribution < -0.4 is 11.1 Å². The molecule has 94 valence electrons.